The number of carbonyl (C=O) groups excluding carboxylic acids is 4. The van der Waals surface area contributed by atoms with Gasteiger partial charge in [-0.3, -0.25) is 37.3 Å². The topological polar surface area (TPSA) is 237 Å². The summed E-state index contributed by atoms with van der Waals surface area (Å²) in [5.41, 5.74) is 0. The Morgan fingerprint density at radius 3 is 0.731 bits per heavy atom. The molecule has 0 rings (SSSR count). The summed E-state index contributed by atoms with van der Waals surface area (Å²) in [5.74, 6) is -1.35. The third-order valence-electron chi connectivity index (χ3n) is 17.3. The summed E-state index contributed by atoms with van der Waals surface area (Å²) < 4.78 is 68.4. The third kappa shape index (κ3) is 68.4. The molecule has 0 aromatic rings. The second kappa shape index (κ2) is 67.3. The zero-order valence-electron chi connectivity index (χ0n) is 60.4. The maximum atomic E-state index is 13.1. The highest BCUT2D eigenvalue weighted by atomic mass is 31.2. The lowest BCUT2D eigenvalue weighted by molar-refractivity contribution is -0.161. The van der Waals surface area contributed by atoms with E-state index in [1.807, 2.05) is 0 Å². The molecule has 93 heavy (non-hydrogen) atoms. The Kier molecular flexibility index (Phi) is 65.9. The van der Waals surface area contributed by atoms with Gasteiger partial charge in [0.1, 0.15) is 19.3 Å². The SMILES string of the molecule is CCCCCCCCCCCCCCCCCCCCCC(=O)O[C@H](COC(=O)CCCCCCCCCCCCCC(C)C)COP(=O)(O)OC[C@@H](O)COP(=O)(O)OC[C@@H](COC(=O)CCCCCCCCCCCC)OC(=O)CCCCCCCCCCCC. The molecule has 0 fully saturated rings. The van der Waals surface area contributed by atoms with Crippen LogP contribution in [-0.2, 0) is 65.4 Å². The van der Waals surface area contributed by atoms with Crippen LogP contribution in [0.5, 0.6) is 0 Å². The normalized spacial score (nSPS) is 14.0. The Bertz CT molecular complexity index is 1790. The van der Waals surface area contributed by atoms with E-state index in [2.05, 4.69) is 34.6 Å². The molecule has 0 bridgehead atoms. The van der Waals surface area contributed by atoms with Gasteiger partial charge < -0.3 is 33.8 Å². The Morgan fingerprint density at radius 2 is 0.495 bits per heavy atom. The zero-order chi connectivity index (χ0) is 68.4. The molecule has 17 nitrogen and oxygen atoms in total. The molecule has 0 aliphatic rings. The van der Waals surface area contributed by atoms with Crippen molar-refractivity contribution in [3.63, 3.8) is 0 Å². The first-order valence-corrected chi connectivity index (χ1v) is 41.6. The van der Waals surface area contributed by atoms with Crippen molar-refractivity contribution in [3.05, 3.63) is 0 Å². The van der Waals surface area contributed by atoms with Crippen LogP contribution >= 0.6 is 15.6 Å². The second-order valence-corrected chi connectivity index (χ2v) is 30.1. The van der Waals surface area contributed by atoms with Crippen molar-refractivity contribution < 1.29 is 80.2 Å². The lowest BCUT2D eigenvalue weighted by Gasteiger charge is -2.21. The van der Waals surface area contributed by atoms with E-state index in [1.54, 1.807) is 0 Å². The van der Waals surface area contributed by atoms with Crippen LogP contribution in [-0.4, -0.2) is 96.7 Å². The van der Waals surface area contributed by atoms with Gasteiger partial charge in [0.15, 0.2) is 12.2 Å². The predicted molar refractivity (Wildman–Crippen MR) is 377 cm³/mol. The molecule has 552 valence electrons. The molecule has 0 amide bonds. The van der Waals surface area contributed by atoms with E-state index in [0.29, 0.717) is 25.7 Å². The number of ether oxygens (including phenoxy) is 4. The highest BCUT2D eigenvalue weighted by Crippen LogP contribution is 2.45. The number of hydrogen-bond acceptors (Lipinski definition) is 15. The van der Waals surface area contributed by atoms with Crippen molar-refractivity contribution >= 4 is 39.5 Å². The predicted octanol–water partition coefficient (Wildman–Crippen LogP) is 21.7. The number of aliphatic hydroxyl groups is 1. The summed E-state index contributed by atoms with van der Waals surface area (Å²) in [4.78, 5) is 72.6. The number of unbranched alkanes of at least 4 members (excludes halogenated alkanes) is 46. The minimum Gasteiger partial charge on any atom is -0.462 e. The van der Waals surface area contributed by atoms with Crippen LogP contribution in [0.3, 0.4) is 0 Å². The molecule has 0 aromatic carbocycles. The average Bonchev–Trinajstić information content (AvgIpc) is 2.77. The monoisotopic (exact) mass is 1370 g/mol. The van der Waals surface area contributed by atoms with Crippen LogP contribution in [0.25, 0.3) is 0 Å². The fraction of sp³-hybridized carbons (Fsp3) is 0.946. The molecule has 0 saturated carbocycles. The highest BCUT2D eigenvalue weighted by Gasteiger charge is 2.30. The van der Waals surface area contributed by atoms with Gasteiger partial charge in [0.25, 0.3) is 0 Å². The summed E-state index contributed by atoms with van der Waals surface area (Å²) in [6.07, 6.45) is 55.5. The van der Waals surface area contributed by atoms with Crippen molar-refractivity contribution in [1.29, 1.82) is 0 Å². The van der Waals surface area contributed by atoms with E-state index < -0.39 is 97.5 Å². The summed E-state index contributed by atoms with van der Waals surface area (Å²) >= 11 is 0. The first-order valence-electron chi connectivity index (χ1n) is 38.6. The fourth-order valence-corrected chi connectivity index (χ4v) is 12.9. The lowest BCUT2D eigenvalue weighted by atomic mass is 10.0. The van der Waals surface area contributed by atoms with E-state index in [1.165, 1.54) is 212 Å². The lowest BCUT2D eigenvalue weighted by Crippen LogP contribution is -2.30. The molecule has 5 atom stereocenters. The largest absolute Gasteiger partial charge is 0.472 e. The number of phosphoric ester groups is 2. The smallest absolute Gasteiger partial charge is 0.462 e. The second-order valence-electron chi connectivity index (χ2n) is 27.2. The van der Waals surface area contributed by atoms with E-state index in [-0.39, 0.29) is 25.7 Å². The minimum absolute atomic E-state index is 0.107. The molecular weight excluding hydrogens is 1220 g/mol. The van der Waals surface area contributed by atoms with Gasteiger partial charge in [-0.25, -0.2) is 9.13 Å². The summed E-state index contributed by atoms with van der Waals surface area (Å²) in [6, 6.07) is 0. The molecule has 0 aromatic heterocycles. The van der Waals surface area contributed by atoms with Crippen molar-refractivity contribution in [1.82, 2.24) is 0 Å². The van der Waals surface area contributed by atoms with Crippen LogP contribution in [0.15, 0.2) is 0 Å². The molecule has 0 aliphatic heterocycles. The Labute approximate surface area is 568 Å². The van der Waals surface area contributed by atoms with Gasteiger partial charge in [-0.2, -0.15) is 0 Å². The molecule has 2 unspecified atom stereocenters. The molecule has 19 heteroatoms. The van der Waals surface area contributed by atoms with Gasteiger partial charge in [-0.15, -0.1) is 0 Å². The first-order chi connectivity index (χ1) is 45.0. The van der Waals surface area contributed by atoms with E-state index in [0.717, 1.165) is 95.8 Å². The van der Waals surface area contributed by atoms with Gasteiger partial charge in [0.2, 0.25) is 0 Å². The van der Waals surface area contributed by atoms with E-state index >= 15 is 0 Å². The number of aliphatic hydroxyl groups excluding tert-OH is 1. The van der Waals surface area contributed by atoms with Crippen molar-refractivity contribution in [2.45, 2.75) is 406 Å². The Hall–Kier alpha value is -1.94. The highest BCUT2D eigenvalue weighted by molar-refractivity contribution is 7.47. The van der Waals surface area contributed by atoms with Gasteiger partial charge in [-0.1, -0.05) is 336 Å². The van der Waals surface area contributed by atoms with Gasteiger partial charge in [0, 0.05) is 25.7 Å². The van der Waals surface area contributed by atoms with Crippen molar-refractivity contribution in [2.24, 2.45) is 5.92 Å². The average molecular weight is 1370 g/mol. The third-order valence-corrected chi connectivity index (χ3v) is 19.2. The maximum absolute atomic E-state index is 13.1. The Balaban J connectivity index is 5.21. The number of carbonyl (C=O) groups is 4. The quantitative estimate of drug-likeness (QED) is 0.0222. The molecule has 0 radical (unpaired) electrons. The Morgan fingerprint density at radius 1 is 0.290 bits per heavy atom. The number of rotatable bonds is 74. The maximum Gasteiger partial charge on any atom is 0.472 e. The van der Waals surface area contributed by atoms with E-state index in [4.69, 9.17) is 37.0 Å². The minimum atomic E-state index is -4.95. The zero-order valence-corrected chi connectivity index (χ0v) is 62.2. The number of hydrogen-bond donors (Lipinski definition) is 3. The van der Waals surface area contributed by atoms with Crippen LogP contribution in [0, 0.1) is 5.92 Å². The summed E-state index contributed by atoms with van der Waals surface area (Å²) in [6.45, 7) is 7.27. The molecule has 0 spiro atoms. The van der Waals surface area contributed by atoms with E-state index in [9.17, 15) is 43.2 Å². The number of esters is 4. The van der Waals surface area contributed by atoms with Gasteiger partial charge >= 0.3 is 39.5 Å². The number of phosphoric acid groups is 2. The molecule has 3 N–H and O–H groups in total. The van der Waals surface area contributed by atoms with Crippen molar-refractivity contribution in [2.75, 3.05) is 39.6 Å². The van der Waals surface area contributed by atoms with Crippen molar-refractivity contribution in [3.8, 4) is 0 Å². The van der Waals surface area contributed by atoms with Crippen LogP contribution < -0.4 is 0 Å². The fourth-order valence-electron chi connectivity index (χ4n) is 11.4. The first kappa shape index (κ1) is 91.1. The van der Waals surface area contributed by atoms with Crippen LogP contribution in [0.1, 0.15) is 388 Å². The van der Waals surface area contributed by atoms with Gasteiger partial charge in [0.05, 0.1) is 26.4 Å². The molecule has 0 aliphatic carbocycles. The van der Waals surface area contributed by atoms with Crippen LogP contribution in [0.2, 0.25) is 0 Å². The molecular formula is C74H144O17P2. The molecule has 0 heterocycles. The standard InChI is InChI=1S/C74H144O17P2/c1-6-9-12-15-18-21-24-25-26-27-28-29-30-31-34-40-45-50-55-60-74(79)91-70(64-85-72(77)58-53-48-43-39-35-32-33-36-41-46-51-56-67(4)5)66-89-93(82,83)87-62-68(75)61-86-92(80,81)88-65-69(90-73(78)59-54-49-44-38-23-20-17-14-11-8-3)63-84-71(76)57-52-47-42-37-22-19-16-13-10-7-2/h67-70,75H,6-66H2,1-5H3,(H,80,81)(H,82,83)/t68-,69+,70+/m0/s1. The summed E-state index contributed by atoms with van der Waals surface area (Å²) in [5, 5.41) is 10.6. The summed E-state index contributed by atoms with van der Waals surface area (Å²) in [7, 11) is -9.90. The molecule has 0 saturated heterocycles. The van der Waals surface area contributed by atoms with Gasteiger partial charge in [-0.05, 0) is 31.6 Å². The van der Waals surface area contributed by atoms with Crippen LogP contribution in [0.4, 0.5) is 0 Å².